The largest absolute Gasteiger partial charge is 0.335 e. The summed E-state index contributed by atoms with van der Waals surface area (Å²) < 4.78 is 0. The molecule has 2 rings (SSSR count). The molecule has 4 nitrogen and oxygen atoms in total. The summed E-state index contributed by atoms with van der Waals surface area (Å²) >= 11 is 0. The molecule has 110 valence electrons. The van der Waals surface area contributed by atoms with Gasteiger partial charge in [-0.25, -0.2) is 4.79 Å². The molecule has 19 heavy (non-hydrogen) atoms. The Balaban J connectivity index is 2.07. The Morgan fingerprint density at radius 2 is 1.95 bits per heavy atom. The van der Waals surface area contributed by atoms with E-state index >= 15 is 0 Å². The van der Waals surface area contributed by atoms with Crippen molar-refractivity contribution < 1.29 is 4.79 Å². The molecule has 0 heterocycles. The predicted molar refractivity (Wildman–Crippen MR) is 78.0 cm³/mol. The van der Waals surface area contributed by atoms with Gasteiger partial charge >= 0.3 is 6.03 Å². The van der Waals surface area contributed by atoms with E-state index in [1.165, 1.54) is 12.8 Å². The Morgan fingerprint density at radius 1 is 1.32 bits per heavy atom. The van der Waals surface area contributed by atoms with Crippen molar-refractivity contribution in [3.8, 4) is 0 Å². The summed E-state index contributed by atoms with van der Waals surface area (Å²) in [7, 11) is 0. The molecule has 0 saturated heterocycles. The van der Waals surface area contributed by atoms with Gasteiger partial charge in [0, 0.05) is 19.1 Å². The second kappa shape index (κ2) is 6.12. The molecule has 2 aliphatic rings. The van der Waals surface area contributed by atoms with Crippen LogP contribution in [0, 0.1) is 5.92 Å². The monoisotopic (exact) mass is 267 g/mol. The lowest BCUT2D eigenvalue weighted by Gasteiger charge is -2.47. The van der Waals surface area contributed by atoms with Gasteiger partial charge in [-0.3, -0.25) is 0 Å². The highest BCUT2D eigenvalue weighted by atomic mass is 16.2. The van der Waals surface area contributed by atoms with Gasteiger partial charge in [0.25, 0.3) is 0 Å². The zero-order chi connectivity index (χ0) is 13.9. The molecule has 3 N–H and O–H groups in total. The summed E-state index contributed by atoms with van der Waals surface area (Å²) in [5.74, 6) is 0.773. The molecule has 0 aromatic rings. The molecular weight excluding hydrogens is 238 g/mol. The highest BCUT2D eigenvalue weighted by Crippen LogP contribution is 2.36. The molecular formula is C15H29N3O. The van der Waals surface area contributed by atoms with E-state index in [0.29, 0.717) is 12.6 Å². The van der Waals surface area contributed by atoms with Gasteiger partial charge < -0.3 is 16.0 Å². The van der Waals surface area contributed by atoms with Crippen molar-refractivity contribution >= 4 is 6.03 Å². The average Bonchev–Trinajstić information content (AvgIpc) is 3.21. The fraction of sp³-hybridized carbons (Fsp3) is 0.933. The summed E-state index contributed by atoms with van der Waals surface area (Å²) in [4.78, 5) is 14.5. The molecule has 0 atom stereocenters. The molecule has 0 aromatic heterocycles. The summed E-state index contributed by atoms with van der Waals surface area (Å²) in [6.45, 7) is 5.85. The van der Waals surface area contributed by atoms with Gasteiger partial charge in [-0.05, 0) is 50.9 Å². The van der Waals surface area contributed by atoms with Crippen molar-refractivity contribution in [1.29, 1.82) is 0 Å². The minimum atomic E-state index is -0.0957. The lowest BCUT2D eigenvalue weighted by Crippen LogP contribution is -2.60. The fourth-order valence-corrected chi connectivity index (χ4v) is 3.14. The topological polar surface area (TPSA) is 58.4 Å². The molecule has 2 saturated carbocycles. The zero-order valence-electron chi connectivity index (χ0n) is 12.5. The number of urea groups is 1. The number of rotatable bonds is 5. The Kier molecular flexibility index (Phi) is 4.71. The molecule has 0 aromatic carbocycles. The fourth-order valence-electron chi connectivity index (χ4n) is 3.14. The lowest BCUT2D eigenvalue weighted by atomic mass is 9.76. The number of hydrogen-bond acceptors (Lipinski definition) is 2. The Bertz CT molecular complexity index is 307. The van der Waals surface area contributed by atoms with Gasteiger partial charge in [0.15, 0.2) is 0 Å². The number of carbonyl (C=O) groups excluding carboxylic acids is 1. The third-order valence-electron chi connectivity index (χ3n) is 4.75. The second-order valence-corrected chi connectivity index (χ2v) is 6.49. The lowest BCUT2D eigenvalue weighted by molar-refractivity contribution is 0.0709. The highest BCUT2D eigenvalue weighted by Gasteiger charge is 2.41. The molecule has 4 heteroatoms. The third-order valence-corrected chi connectivity index (χ3v) is 4.75. The van der Waals surface area contributed by atoms with Crippen LogP contribution in [0.4, 0.5) is 4.79 Å². The SMILES string of the molecule is CCCN(C(=O)NC1CC1)C1(CN)CCC(C)CC1. The van der Waals surface area contributed by atoms with Crippen LogP contribution in [0.15, 0.2) is 0 Å². The number of nitrogens with zero attached hydrogens (tertiary/aromatic N) is 1. The first-order chi connectivity index (χ1) is 9.11. The standard InChI is InChI=1S/C15H29N3O/c1-3-10-18(14(19)17-13-4-5-13)15(11-16)8-6-12(2)7-9-15/h12-13H,3-11,16H2,1-2H3,(H,17,19). The Labute approximate surface area is 117 Å². The summed E-state index contributed by atoms with van der Waals surface area (Å²) in [5, 5.41) is 3.14. The summed E-state index contributed by atoms with van der Waals surface area (Å²) in [6, 6.07) is 0.536. The first-order valence-electron chi connectivity index (χ1n) is 7.89. The van der Waals surface area contributed by atoms with Crippen LogP contribution in [-0.2, 0) is 0 Å². The van der Waals surface area contributed by atoms with Crippen LogP contribution < -0.4 is 11.1 Å². The molecule has 2 fully saturated rings. The number of carbonyl (C=O) groups is 1. The van der Waals surface area contributed by atoms with Crippen LogP contribution in [0.1, 0.15) is 58.8 Å². The van der Waals surface area contributed by atoms with E-state index in [1.807, 2.05) is 0 Å². The van der Waals surface area contributed by atoms with Crippen LogP contribution >= 0.6 is 0 Å². The van der Waals surface area contributed by atoms with Crippen LogP contribution in [0.5, 0.6) is 0 Å². The van der Waals surface area contributed by atoms with Gasteiger partial charge in [-0.1, -0.05) is 13.8 Å². The van der Waals surface area contributed by atoms with E-state index in [0.717, 1.165) is 44.6 Å². The van der Waals surface area contributed by atoms with Gasteiger partial charge in [-0.15, -0.1) is 0 Å². The van der Waals surface area contributed by atoms with Gasteiger partial charge in [0.2, 0.25) is 0 Å². The maximum Gasteiger partial charge on any atom is 0.318 e. The quantitative estimate of drug-likeness (QED) is 0.804. The molecule has 0 aliphatic heterocycles. The Morgan fingerprint density at radius 3 is 2.42 bits per heavy atom. The molecule has 0 bridgehead atoms. The predicted octanol–water partition coefficient (Wildman–Crippen LogP) is 2.48. The van der Waals surface area contributed by atoms with E-state index < -0.39 is 0 Å². The average molecular weight is 267 g/mol. The first-order valence-corrected chi connectivity index (χ1v) is 7.89. The second-order valence-electron chi connectivity index (χ2n) is 6.49. The van der Waals surface area contributed by atoms with Crippen molar-refractivity contribution in [3.63, 3.8) is 0 Å². The van der Waals surface area contributed by atoms with Crippen molar-refractivity contribution in [2.24, 2.45) is 11.7 Å². The van der Waals surface area contributed by atoms with Gasteiger partial charge in [0.1, 0.15) is 0 Å². The smallest absolute Gasteiger partial charge is 0.318 e. The van der Waals surface area contributed by atoms with E-state index in [9.17, 15) is 4.79 Å². The molecule has 0 unspecified atom stereocenters. The van der Waals surface area contributed by atoms with E-state index in [-0.39, 0.29) is 11.6 Å². The van der Waals surface area contributed by atoms with Crippen molar-refractivity contribution in [3.05, 3.63) is 0 Å². The molecule has 0 spiro atoms. The molecule has 2 aliphatic carbocycles. The van der Waals surface area contributed by atoms with E-state index in [2.05, 4.69) is 24.1 Å². The van der Waals surface area contributed by atoms with E-state index in [1.54, 1.807) is 0 Å². The number of nitrogens with two attached hydrogens (primary N) is 1. The van der Waals surface area contributed by atoms with Crippen LogP contribution in [0.25, 0.3) is 0 Å². The van der Waals surface area contributed by atoms with Crippen LogP contribution in [0.2, 0.25) is 0 Å². The zero-order valence-corrected chi connectivity index (χ0v) is 12.5. The Hall–Kier alpha value is -0.770. The summed E-state index contributed by atoms with van der Waals surface area (Å²) in [5.41, 5.74) is 5.98. The normalized spacial score (nSPS) is 31.0. The number of amides is 2. The highest BCUT2D eigenvalue weighted by molar-refractivity contribution is 5.76. The molecule has 0 radical (unpaired) electrons. The van der Waals surface area contributed by atoms with E-state index in [4.69, 9.17) is 5.73 Å². The van der Waals surface area contributed by atoms with Crippen molar-refractivity contribution in [1.82, 2.24) is 10.2 Å². The van der Waals surface area contributed by atoms with Crippen molar-refractivity contribution in [2.75, 3.05) is 13.1 Å². The third kappa shape index (κ3) is 3.41. The van der Waals surface area contributed by atoms with Crippen LogP contribution in [0.3, 0.4) is 0 Å². The van der Waals surface area contributed by atoms with Gasteiger partial charge in [-0.2, -0.15) is 0 Å². The maximum atomic E-state index is 12.5. The van der Waals surface area contributed by atoms with Gasteiger partial charge in [0.05, 0.1) is 5.54 Å². The minimum Gasteiger partial charge on any atom is -0.335 e. The summed E-state index contributed by atoms with van der Waals surface area (Å²) in [6.07, 6.45) is 7.76. The van der Waals surface area contributed by atoms with Crippen LogP contribution in [-0.4, -0.2) is 35.6 Å². The minimum absolute atomic E-state index is 0.0957. The molecule has 2 amide bonds. The number of hydrogen-bond donors (Lipinski definition) is 2. The first kappa shape index (κ1) is 14.6. The maximum absolute atomic E-state index is 12.5. The van der Waals surface area contributed by atoms with Crippen molar-refractivity contribution in [2.45, 2.75) is 70.4 Å². The number of nitrogens with one attached hydrogen (secondary N) is 1.